The number of likely N-dealkylation sites (tertiary alicyclic amines) is 1. The van der Waals surface area contributed by atoms with Gasteiger partial charge in [0.1, 0.15) is 0 Å². The van der Waals surface area contributed by atoms with Gasteiger partial charge in [-0.3, -0.25) is 0 Å². The zero-order valence-electron chi connectivity index (χ0n) is 12.5. The van der Waals surface area contributed by atoms with Crippen LogP contribution in [-0.2, 0) is 0 Å². The Morgan fingerprint density at radius 2 is 1.83 bits per heavy atom. The first kappa shape index (κ1) is 14.3. The van der Waals surface area contributed by atoms with E-state index in [1.54, 1.807) is 0 Å². The van der Waals surface area contributed by atoms with Crippen LogP contribution in [0, 0.1) is 0 Å². The van der Waals surface area contributed by atoms with Gasteiger partial charge in [0.25, 0.3) is 0 Å². The molecule has 0 radical (unpaired) electrons. The minimum atomic E-state index is 0.752. The second-order valence-electron chi connectivity index (χ2n) is 6.14. The maximum absolute atomic E-state index is 3.47. The first-order valence-electron chi connectivity index (χ1n) is 7.86. The molecule has 3 heteroatoms. The van der Waals surface area contributed by atoms with Crippen molar-refractivity contribution in [3.63, 3.8) is 0 Å². The van der Waals surface area contributed by atoms with E-state index >= 15 is 0 Å². The molecule has 0 amide bonds. The maximum Gasteiger partial charge on any atom is 0.0119 e. The molecule has 2 aliphatic rings. The van der Waals surface area contributed by atoms with Gasteiger partial charge in [-0.05, 0) is 65.8 Å². The third-order valence-electron chi connectivity index (χ3n) is 5.21. The van der Waals surface area contributed by atoms with E-state index < -0.39 is 0 Å². The van der Waals surface area contributed by atoms with Crippen LogP contribution >= 0.6 is 0 Å². The number of piperidine rings is 1. The zero-order chi connectivity index (χ0) is 13.0. The summed E-state index contributed by atoms with van der Waals surface area (Å²) in [5.41, 5.74) is 0. The van der Waals surface area contributed by atoms with Crippen molar-refractivity contribution >= 4 is 0 Å². The summed E-state index contributed by atoms with van der Waals surface area (Å²) in [5.74, 6) is 0. The molecular weight excluding hydrogens is 222 g/mol. The Labute approximate surface area is 113 Å². The van der Waals surface area contributed by atoms with Crippen LogP contribution in [0.5, 0.6) is 0 Å². The molecule has 1 saturated carbocycles. The van der Waals surface area contributed by atoms with E-state index in [1.165, 1.54) is 58.2 Å². The Morgan fingerprint density at radius 1 is 1.11 bits per heavy atom. The average molecular weight is 253 g/mol. The lowest BCUT2D eigenvalue weighted by molar-refractivity contribution is 0.0756. The standard InChI is InChI=1S/C15H31N3/c1-4-18-10-8-14(9-11-18)17(3)15-7-5-6-13(12-15)16-2/h13-16H,4-12H2,1-3H3. The Morgan fingerprint density at radius 3 is 2.44 bits per heavy atom. The smallest absolute Gasteiger partial charge is 0.0119 e. The fraction of sp³-hybridized carbons (Fsp3) is 1.00. The van der Waals surface area contributed by atoms with Gasteiger partial charge in [0, 0.05) is 18.1 Å². The summed E-state index contributed by atoms with van der Waals surface area (Å²) in [5, 5.41) is 3.47. The molecule has 2 rings (SSSR count). The highest BCUT2D eigenvalue weighted by molar-refractivity contribution is 4.87. The Bertz CT molecular complexity index is 236. The van der Waals surface area contributed by atoms with Crippen molar-refractivity contribution in [1.82, 2.24) is 15.1 Å². The highest BCUT2D eigenvalue weighted by atomic mass is 15.2. The number of hydrogen-bond donors (Lipinski definition) is 1. The van der Waals surface area contributed by atoms with Crippen molar-refractivity contribution < 1.29 is 0 Å². The summed E-state index contributed by atoms with van der Waals surface area (Å²) < 4.78 is 0. The van der Waals surface area contributed by atoms with Gasteiger partial charge >= 0.3 is 0 Å². The SMILES string of the molecule is CCN1CCC(N(C)C2CCCC(NC)C2)CC1. The van der Waals surface area contributed by atoms with Crippen LogP contribution in [0.25, 0.3) is 0 Å². The molecule has 0 aromatic rings. The summed E-state index contributed by atoms with van der Waals surface area (Å²) in [6.45, 7) is 6.10. The van der Waals surface area contributed by atoms with Crippen molar-refractivity contribution in [3.05, 3.63) is 0 Å². The van der Waals surface area contributed by atoms with E-state index in [0.29, 0.717) is 0 Å². The first-order valence-corrected chi connectivity index (χ1v) is 7.86. The van der Waals surface area contributed by atoms with Crippen LogP contribution in [-0.4, -0.2) is 61.7 Å². The average Bonchev–Trinajstić information content (AvgIpc) is 2.46. The number of nitrogens with one attached hydrogen (secondary N) is 1. The quantitative estimate of drug-likeness (QED) is 0.826. The zero-order valence-corrected chi connectivity index (χ0v) is 12.5. The van der Waals surface area contributed by atoms with Crippen molar-refractivity contribution in [3.8, 4) is 0 Å². The molecule has 1 heterocycles. The molecule has 0 aromatic carbocycles. The second kappa shape index (κ2) is 6.88. The van der Waals surface area contributed by atoms with Crippen LogP contribution in [0.3, 0.4) is 0 Å². The largest absolute Gasteiger partial charge is 0.317 e. The number of rotatable bonds is 4. The van der Waals surface area contributed by atoms with Crippen LogP contribution in [0.2, 0.25) is 0 Å². The monoisotopic (exact) mass is 253 g/mol. The number of nitrogens with zero attached hydrogens (tertiary/aromatic N) is 2. The summed E-state index contributed by atoms with van der Waals surface area (Å²) in [7, 11) is 4.49. The van der Waals surface area contributed by atoms with E-state index in [4.69, 9.17) is 0 Å². The van der Waals surface area contributed by atoms with Gasteiger partial charge in [0.15, 0.2) is 0 Å². The maximum atomic E-state index is 3.47. The Kier molecular flexibility index (Phi) is 5.46. The van der Waals surface area contributed by atoms with Crippen molar-refractivity contribution in [2.24, 2.45) is 0 Å². The predicted octanol–water partition coefficient (Wildman–Crippen LogP) is 1.93. The van der Waals surface area contributed by atoms with Gasteiger partial charge in [-0.2, -0.15) is 0 Å². The summed E-state index contributed by atoms with van der Waals surface area (Å²) in [6, 6.07) is 2.39. The fourth-order valence-corrected chi connectivity index (χ4v) is 3.74. The third-order valence-corrected chi connectivity index (χ3v) is 5.21. The molecule has 1 aliphatic heterocycles. The van der Waals surface area contributed by atoms with Gasteiger partial charge in [0.2, 0.25) is 0 Å². The third kappa shape index (κ3) is 3.46. The van der Waals surface area contributed by atoms with Crippen molar-refractivity contribution in [1.29, 1.82) is 0 Å². The molecule has 0 aromatic heterocycles. The fourth-order valence-electron chi connectivity index (χ4n) is 3.74. The molecule has 0 bridgehead atoms. The Hall–Kier alpha value is -0.120. The molecule has 1 N–H and O–H groups in total. The molecular formula is C15H31N3. The summed E-state index contributed by atoms with van der Waals surface area (Å²) in [4.78, 5) is 5.29. The lowest BCUT2D eigenvalue weighted by atomic mass is 9.88. The lowest BCUT2D eigenvalue weighted by Crippen LogP contribution is -2.50. The van der Waals surface area contributed by atoms with Gasteiger partial charge < -0.3 is 15.1 Å². The molecule has 18 heavy (non-hydrogen) atoms. The van der Waals surface area contributed by atoms with E-state index in [1.807, 2.05) is 0 Å². The van der Waals surface area contributed by atoms with Crippen LogP contribution in [0.4, 0.5) is 0 Å². The van der Waals surface area contributed by atoms with Crippen molar-refractivity contribution in [2.45, 2.75) is 63.6 Å². The molecule has 106 valence electrons. The second-order valence-corrected chi connectivity index (χ2v) is 6.14. The molecule has 2 atom stereocenters. The molecule has 1 saturated heterocycles. The first-order chi connectivity index (χ1) is 8.74. The molecule has 3 nitrogen and oxygen atoms in total. The van der Waals surface area contributed by atoms with Gasteiger partial charge in [-0.1, -0.05) is 13.3 Å². The van der Waals surface area contributed by atoms with Gasteiger partial charge in [-0.25, -0.2) is 0 Å². The minimum absolute atomic E-state index is 0.752. The van der Waals surface area contributed by atoms with E-state index in [0.717, 1.165) is 18.1 Å². The van der Waals surface area contributed by atoms with Crippen molar-refractivity contribution in [2.75, 3.05) is 33.7 Å². The highest BCUT2D eigenvalue weighted by Crippen LogP contribution is 2.26. The van der Waals surface area contributed by atoms with Gasteiger partial charge in [-0.15, -0.1) is 0 Å². The highest BCUT2D eigenvalue weighted by Gasteiger charge is 2.29. The van der Waals surface area contributed by atoms with Gasteiger partial charge in [0.05, 0.1) is 0 Å². The summed E-state index contributed by atoms with van der Waals surface area (Å²) >= 11 is 0. The molecule has 2 fully saturated rings. The molecule has 0 spiro atoms. The lowest BCUT2D eigenvalue weighted by Gasteiger charge is -2.43. The van der Waals surface area contributed by atoms with Crippen LogP contribution in [0.15, 0.2) is 0 Å². The minimum Gasteiger partial charge on any atom is -0.317 e. The topological polar surface area (TPSA) is 18.5 Å². The predicted molar refractivity (Wildman–Crippen MR) is 78.0 cm³/mol. The van der Waals surface area contributed by atoms with E-state index in [-0.39, 0.29) is 0 Å². The van der Waals surface area contributed by atoms with Crippen LogP contribution < -0.4 is 5.32 Å². The van der Waals surface area contributed by atoms with Crippen LogP contribution in [0.1, 0.15) is 45.4 Å². The Balaban J connectivity index is 1.81. The number of hydrogen-bond acceptors (Lipinski definition) is 3. The summed E-state index contributed by atoms with van der Waals surface area (Å²) in [6.07, 6.45) is 8.25. The van der Waals surface area contributed by atoms with E-state index in [2.05, 4.69) is 36.1 Å². The normalized spacial score (nSPS) is 32.0. The molecule has 2 unspecified atom stereocenters. The molecule has 1 aliphatic carbocycles. The van der Waals surface area contributed by atoms with E-state index in [9.17, 15) is 0 Å².